The smallest absolute Gasteiger partial charge is 0.143 e. The van der Waals surface area contributed by atoms with Gasteiger partial charge in [0, 0.05) is 0 Å². The Labute approximate surface area is 242 Å². The third-order valence-electron chi connectivity index (χ3n) is 5.49. The van der Waals surface area contributed by atoms with Gasteiger partial charge < -0.3 is 10.2 Å². The molecule has 0 radical (unpaired) electrons. The lowest BCUT2D eigenvalue weighted by Gasteiger charge is -2.09. The summed E-state index contributed by atoms with van der Waals surface area (Å²) >= 11 is 0. The molecule has 6 aromatic rings. The van der Waals surface area contributed by atoms with E-state index in [1.165, 1.54) is 9.59 Å². The van der Waals surface area contributed by atoms with Crippen molar-refractivity contribution in [2.75, 3.05) is 0 Å². The SMILES string of the molecule is CC.CC.CC.CC.Oc1ccc(Cc2ccc(O)c(-n3nc4ccccc4n3)c2)cc1-n1nc2ccccc2n1. The molecular weight excluding hydrogens is 512 g/mol. The molecule has 0 unspecified atom stereocenters. The maximum atomic E-state index is 10.4. The lowest BCUT2D eigenvalue weighted by atomic mass is 10.0. The summed E-state index contributed by atoms with van der Waals surface area (Å²) in [7, 11) is 0. The number of benzene rings is 4. The molecule has 4 aromatic carbocycles. The second-order valence-electron chi connectivity index (χ2n) is 7.78. The molecule has 2 aromatic heterocycles. The van der Waals surface area contributed by atoms with Crippen molar-refractivity contribution in [2.45, 2.75) is 61.8 Å². The second kappa shape index (κ2) is 16.4. The van der Waals surface area contributed by atoms with E-state index in [-0.39, 0.29) is 11.5 Å². The highest BCUT2D eigenvalue weighted by atomic mass is 16.3. The van der Waals surface area contributed by atoms with Crippen LogP contribution in [0.2, 0.25) is 0 Å². The summed E-state index contributed by atoms with van der Waals surface area (Å²) < 4.78 is 0. The van der Waals surface area contributed by atoms with Gasteiger partial charge in [0.25, 0.3) is 0 Å². The summed E-state index contributed by atoms with van der Waals surface area (Å²) in [6.45, 7) is 16.0. The van der Waals surface area contributed by atoms with E-state index < -0.39 is 0 Å². The van der Waals surface area contributed by atoms with E-state index in [2.05, 4.69) is 20.4 Å². The van der Waals surface area contributed by atoms with Crippen LogP contribution in [0.4, 0.5) is 0 Å². The number of phenols is 2. The average Bonchev–Trinajstić information content (AvgIpc) is 3.68. The first kappa shape index (κ1) is 32.5. The molecule has 0 bridgehead atoms. The zero-order chi connectivity index (χ0) is 30.4. The van der Waals surface area contributed by atoms with Crippen LogP contribution in [0.25, 0.3) is 33.4 Å². The van der Waals surface area contributed by atoms with Crippen LogP contribution < -0.4 is 0 Å². The van der Waals surface area contributed by atoms with Crippen LogP contribution >= 0.6 is 0 Å². The standard InChI is InChI=1S/C25H18N6O2.4C2H6/c32-24-11-9-16(14-22(24)30-26-18-5-1-2-6-19(18)27-30)13-17-10-12-25(33)23(15-17)31-28-20-7-3-4-8-21(20)29-31;4*1-2/h1-12,14-15,32-33H,13H2;4*1-2H3. The fourth-order valence-corrected chi connectivity index (χ4v) is 3.85. The molecular formula is C33H42N6O2. The highest BCUT2D eigenvalue weighted by Crippen LogP contribution is 2.27. The third-order valence-corrected chi connectivity index (χ3v) is 5.49. The molecule has 0 aliphatic heterocycles. The molecule has 41 heavy (non-hydrogen) atoms. The van der Waals surface area contributed by atoms with Crippen LogP contribution in [0.5, 0.6) is 11.5 Å². The molecule has 0 fully saturated rings. The first-order chi connectivity index (χ1) is 20.1. The van der Waals surface area contributed by atoms with E-state index in [4.69, 9.17) is 0 Å². The van der Waals surface area contributed by atoms with Gasteiger partial charge in [0.15, 0.2) is 0 Å². The quantitative estimate of drug-likeness (QED) is 0.227. The Hall–Kier alpha value is -4.72. The first-order valence-corrected chi connectivity index (χ1v) is 14.4. The minimum absolute atomic E-state index is 0.0953. The van der Waals surface area contributed by atoms with Crippen molar-refractivity contribution in [3.05, 3.63) is 96.1 Å². The lowest BCUT2D eigenvalue weighted by molar-refractivity contribution is 0.467. The molecule has 0 atom stereocenters. The van der Waals surface area contributed by atoms with Crippen LogP contribution in [0.15, 0.2) is 84.9 Å². The molecule has 2 N–H and O–H groups in total. The fraction of sp³-hybridized carbons (Fsp3) is 0.273. The molecule has 216 valence electrons. The lowest BCUT2D eigenvalue weighted by Crippen LogP contribution is -2.02. The van der Waals surface area contributed by atoms with E-state index in [0.29, 0.717) is 17.8 Å². The van der Waals surface area contributed by atoms with Crippen LogP contribution in [0.3, 0.4) is 0 Å². The number of fused-ring (bicyclic) bond motifs is 2. The van der Waals surface area contributed by atoms with Gasteiger partial charge in [-0.3, -0.25) is 0 Å². The van der Waals surface area contributed by atoms with Gasteiger partial charge in [0.2, 0.25) is 0 Å². The average molecular weight is 555 g/mol. The molecule has 0 saturated heterocycles. The zero-order valence-corrected chi connectivity index (χ0v) is 25.4. The van der Waals surface area contributed by atoms with Gasteiger partial charge in [-0.1, -0.05) is 91.8 Å². The van der Waals surface area contributed by atoms with Crippen molar-refractivity contribution in [3.63, 3.8) is 0 Å². The van der Waals surface area contributed by atoms with Gasteiger partial charge in [0.1, 0.15) is 44.9 Å². The third kappa shape index (κ3) is 7.69. The van der Waals surface area contributed by atoms with Gasteiger partial charge >= 0.3 is 0 Å². The molecule has 0 saturated carbocycles. The fourth-order valence-electron chi connectivity index (χ4n) is 3.85. The molecule has 0 amide bonds. The second-order valence-corrected chi connectivity index (χ2v) is 7.78. The number of hydrogen-bond donors (Lipinski definition) is 2. The van der Waals surface area contributed by atoms with E-state index in [9.17, 15) is 10.2 Å². The largest absolute Gasteiger partial charge is 0.506 e. The maximum Gasteiger partial charge on any atom is 0.143 e. The number of aromatic hydroxyl groups is 2. The number of rotatable bonds is 4. The van der Waals surface area contributed by atoms with Gasteiger partial charge in [-0.05, 0) is 66.1 Å². The van der Waals surface area contributed by atoms with Crippen molar-refractivity contribution in [1.29, 1.82) is 0 Å². The highest BCUT2D eigenvalue weighted by molar-refractivity contribution is 5.74. The number of aromatic nitrogens is 6. The van der Waals surface area contributed by atoms with Crippen LogP contribution in [-0.4, -0.2) is 40.2 Å². The molecule has 0 aliphatic carbocycles. The van der Waals surface area contributed by atoms with E-state index in [1.54, 1.807) is 12.1 Å². The summed E-state index contributed by atoms with van der Waals surface area (Å²) in [5.41, 5.74) is 5.94. The normalized spacial score (nSPS) is 9.76. The summed E-state index contributed by atoms with van der Waals surface area (Å²) in [5, 5.41) is 38.7. The summed E-state index contributed by atoms with van der Waals surface area (Å²) in [6, 6.07) is 25.8. The highest BCUT2D eigenvalue weighted by Gasteiger charge is 2.13. The monoisotopic (exact) mass is 554 g/mol. The summed E-state index contributed by atoms with van der Waals surface area (Å²) in [5.74, 6) is 0.191. The van der Waals surface area contributed by atoms with Crippen LogP contribution in [0.1, 0.15) is 66.5 Å². The van der Waals surface area contributed by atoms with Gasteiger partial charge in [-0.15, -0.1) is 30.0 Å². The molecule has 2 heterocycles. The zero-order valence-electron chi connectivity index (χ0n) is 25.4. The maximum absolute atomic E-state index is 10.4. The number of phenolic OH excluding ortho intramolecular Hbond substituents is 2. The summed E-state index contributed by atoms with van der Waals surface area (Å²) in [6.07, 6.45) is 0.572. The van der Waals surface area contributed by atoms with Crippen molar-refractivity contribution in [1.82, 2.24) is 30.0 Å². The Balaban J connectivity index is 0.000000679. The van der Waals surface area contributed by atoms with Crippen molar-refractivity contribution in [3.8, 4) is 22.9 Å². The topological polar surface area (TPSA) is 102 Å². The molecule has 0 spiro atoms. The van der Waals surface area contributed by atoms with E-state index in [0.717, 1.165) is 33.2 Å². The Morgan fingerprint density at radius 1 is 0.463 bits per heavy atom. The van der Waals surface area contributed by atoms with Crippen molar-refractivity contribution < 1.29 is 10.2 Å². The number of nitrogens with zero attached hydrogens (tertiary/aromatic N) is 6. The Morgan fingerprint density at radius 3 is 1.05 bits per heavy atom. The van der Waals surface area contributed by atoms with Gasteiger partial charge in [-0.25, -0.2) is 0 Å². The van der Waals surface area contributed by atoms with Crippen LogP contribution in [-0.2, 0) is 6.42 Å². The molecule has 8 heteroatoms. The predicted molar refractivity (Wildman–Crippen MR) is 169 cm³/mol. The Bertz CT molecular complexity index is 1450. The van der Waals surface area contributed by atoms with E-state index >= 15 is 0 Å². The number of hydrogen-bond acceptors (Lipinski definition) is 6. The van der Waals surface area contributed by atoms with Crippen molar-refractivity contribution in [2.24, 2.45) is 0 Å². The Kier molecular flexibility index (Phi) is 13.0. The van der Waals surface area contributed by atoms with Crippen LogP contribution in [0, 0.1) is 0 Å². The molecule has 0 aliphatic rings. The van der Waals surface area contributed by atoms with Crippen molar-refractivity contribution >= 4 is 22.1 Å². The molecule has 8 nitrogen and oxygen atoms in total. The van der Waals surface area contributed by atoms with Gasteiger partial charge in [-0.2, -0.15) is 0 Å². The summed E-state index contributed by atoms with van der Waals surface area (Å²) in [4.78, 5) is 2.90. The minimum atomic E-state index is 0.0953. The van der Waals surface area contributed by atoms with Gasteiger partial charge in [0.05, 0.1) is 0 Å². The minimum Gasteiger partial charge on any atom is -0.506 e. The Morgan fingerprint density at radius 2 is 0.756 bits per heavy atom. The first-order valence-electron chi connectivity index (χ1n) is 14.4. The predicted octanol–water partition coefficient (Wildman–Crippen LogP) is 8.26. The molecule has 6 rings (SSSR count). The van der Waals surface area contributed by atoms with E-state index in [1.807, 2.05) is 128 Å².